The lowest BCUT2D eigenvalue weighted by Gasteiger charge is -2.14. The molecule has 23 heavy (non-hydrogen) atoms. The fourth-order valence-electron chi connectivity index (χ4n) is 1.87. The second-order valence-electron chi connectivity index (χ2n) is 4.52. The van der Waals surface area contributed by atoms with Gasteiger partial charge in [-0.3, -0.25) is 4.79 Å². The molecular weight excluding hydrogens is 306 g/mol. The molecule has 0 bridgehead atoms. The Morgan fingerprint density at radius 1 is 1.04 bits per heavy atom. The first kappa shape index (κ1) is 18.3. The summed E-state index contributed by atoms with van der Waals surface area (Å²) in [7, 11) is 4.04. The van der Waals surface area contributed by atoms with Gasteiger partial charge in [0, 0.05) is 24.5 Å². The minimum absolute atomic E-state index is 0.0249. The van der Waals surface area contributed by atoms with Crippen molar-refractivity contribution in [1.82, 2.24) is 0 Å². The molecule has 0 aromatic heterocycles. The average molecular weight is 324 g/mol. The van der Waals surface area contributed by atoms with Crippen LogP contribution < -0.4 is 19.9 Å². The number of carbonyl (C=O) groups is 3. The second-order valence-corrected chi connectivity index (χ2v) is 4.52. The van der Waals surface area contributed by atoms with E-state index in [1.807, 2.05) is 0 Å². The Morgan fingerprint density at radius 3 is 2.17 bits per heavy atom. The summed E-state index contributed by atoms with van der Waals surface area (Å²) in [6.07, 6.45) is -0.110. The molecular formula is C15H18NO7-. The summed E-state index contributed by atoms with van der Waals surface area (Å²) in [5.74, 6) is -1.69. The summed E-state index contributed by atoms with van der Waals surface area (Å²) >= 11 is 0. The molecule has 8 nitrogen and oxygen atoms in total. The molecule has 0 saturated carbocycles. The number of rotatable bonds is 8. The molecule has 0 aliphatic rings. The predicted octanol–water partition coefficient (Wildman–Crippen LogP) is 0.349. The number of carboxylic acid groups (broad SMARTS) is 1. The van der Waals surface area contributed by atoms with Crippen molar-refractivity contribution in [3.05, 3.63) is 17.7 Å². The zero-order valence-electron chi connectivity index (χ0n) is 13.1. The van der Waals surface area contributed by atoms with E-state index in [0.717, 1.165) is 0 Å². The van der Waals surface area contributed by atoms with E-state index in [1.165, 1.54) is 33.5 Å². The minimum Gasteiger partial charge on any atom is -0.550 e. The van der Waals surface area contributed by atoms with Crippen LogP contribution >= 0.6 is 0 Å². The molecule has 0 aliphatic heterocycles. The van der Waals surface area contributed by atoms with Crippen molar-refractivity contribution in [3.63, 3.8) is 0 Å². The molecule has 1 aromatic rings. The van der Waals surface area contributed by atoms with Crippen molar-refractivity contribution < 1.29 is 33.7 Å². The molecule has 0 fully saturated rings. The lowest BCUT2D eigenvalue weighted by atomic mass is 10.1. The Bertz CT molecular complexity index is 598. The highest BCUT2D eigenvalue weighted by molar-refractivity contribution is 6.02. The van der Waals surface area contributed by atoms with Crippen LogP contribution in [0.4, 0.5) is 5.69 Å². The summed E-state index contributed by atoms with van der Waals surface area (Å²) in [5.41, 5.74) is 0.284. The smallest absolute Gasteiger partial charge is 0.340 e. The van der Waals surface area contributed by atoms with E-state index in [2.05, 4.69) is 10.1 Å². The molecule has 0 unspecified atom stereocenters. The number of nitrogens with one attached hydrogen (secondary N) is 1. The highest BCUT2D eigenvalue weighted by Crippen LogP contribution is 2.33. The number of benzene rings is 1. The van der Waals surface area contributed by atoms with Crippen LogP contribution in [0, 0.1) is 0 Å². The number of esters is 1. The third-order valence-electron chi connectivity index (χ3n) is 2.99. The van der Waals surface area contributed by atoms with Gasteiger partial charge in [0.05, 0.1) is 32.6 Å². The number of anilines is 1. The van der Waals surface area contributed by atoms with E-state index in [0.29, 0.717) is 11.5 Å². The molecule has 0 aliphatic carbocycles. The molecule has 1 aromatic carbocycles. The quantitative estimate of drug-likeness (QED) is 0.686. The summed E-state index contributed by atoms with van der Waals surface area (Å²) in [6, 6.07) is 2.82. The van der Waals surface area contributed by atoms with Crippen LogP contribution in [0.15, 0.2) is 12.1 Å². The van der Waals surface area contributed by atoms with Crippen molar-refractivity contribution in [2.75, 3.05) is 26.6 Å². The standard InChI is InChI=1S/C15H19NO7/c1-21-11-7-9(15(20)23-3)10(8-12(11)22-2)16-13(17)5-4-6-14(18)19/h7-8H,4-6H2,1-3H3,(H,16,17)(H,18,19)/p-1. The van der Waals surface area contributed by atoms with Crippen LogP contribution in [0.25, 0.3) is 0 Å². The molecule has 0 saturated heterocycles. The highest BCUT2D eigenvalue weighted by atomic mass is 16.5. The Balaban J connectivity index is 3.00. The van der Waals surface area contributed by atoms with E-state index in [9.17, 15) is 19.5 Å². The van der Waals surface area contributed by atoms with Crippen LogP contribution in [0.5, 0.6) is 11.5 Å². The molecule has 0 atom stereocenters. The Kier molecular flexibility index (Phi) is 6.85. The average Bonchev–Trinajstić information content (AvgIpc) is 2.53. The second kappa shape index (κ2) is 8.62. The van der Waals surface area contributed by atoms with Gasteiger partial charge >= 0.3 is 5.97 Å². The predicted molar refractivity (Wildman–Crippen MR) is 78.4 cm³/mol. The van der Waals surface area contributed by atoms with E-state index < -0.39 is 17.8 Å². The normalized spacial score (nSPS) is 9.87. The summed E-state index contributed by atoms with van der Waals surface area (Å²) < 4.78 is 14.9. The first-order valence-electron chi connectivity index (χ1n) is 6.77. The fraction of sp³-hybridized carbons (Fsp3) is 0.400. The van der Waals surface area contributed by atoms with E-state index in [4.69, 9.17) is 9.47 Å². The third kappa shape index (κ3) is 5.17. The van der Waals surface area contributed by atoms with Crippen LogP contribution in [0.1, 0.15) is 29.6 Å². The topological polar surface area (TPSA) is 114 Å². The summed E-state index contributed by atoms with van der Waals surface area (Å²) in [5, 5.41) is 12.9. The Labute approximate surface area is 133 Å². The maximum Gasteiger partial charge on any atom is 0.340 e. The van der Waals surface area contributed by atoms with Gasteiger partial charge in [-0.1, -0.05) is 0 Å². The first-order valence-corrected chi connectivity index (χ1v) is 6.77. The van der Waals surface area contributed by atoms with Crippen molar-refractivity contribution in [3.8, 4) is 11.5 Å². The van der Waals surface area contributed by atoms with E-state index >= 15 is 0 Å². The zero-order valence-corrected chi connectivity index (χ0v) is 13.1. The molecule has 0 spiro atoms. The third-order valence-corrected chi connectivity index (χ3v) is 2.99. The van der Waals surface area contributed by atoms with Crippen molar-refractivity contribution >= 4 is 23.5 Å². The van der Waals surface area contributed by atoms with Gasteiger partial charge < -0.3 is 29.4 Å². The number of ether oxygens (including phenoxy) is 3. The molecule has 0 heterocycles. The van der Waals surface area contributed by atoms with Crippen molar-refractivity contribution in [2.45, 2.75) is 19.3 Å². The Hall–Kier alpha value is -2.77. The number of amides is 1. The van der Waals surface area contributed by atoms with Crippen molar-refractivity contribution in [1.29, 1.82) is 0 Å². The maximum atomic E-state index is 11.9. The van der Waals surface area contributed by atoms with E-state index in [-0.39, 0.29) is 30.5 Å². The molecule has 0 radical (unpaired) electrons. The van der Waals surface area contributed by atoms with Gasteiger partial charge in [0.15, 0.2) is 11.5 Å². The molecule has 1 amide bonds. The van der Waals surface area contributed by atoms with Gasteiger partial charge in [-0.05, 0) is 12.8 Å². The van der Waals surface area contributed by atoms with Gasteiger partial charge in [-0.15, -0.1) is 0 Å². The first-order chi connectivity index (χ1) is 10.9. The van der Waals surface area contributed by atoms with E-state index in [1.54, 1.807) is 0 Å². The van der Waals surface area contributed by atoms with Gasteiger partial charge in [0.25, 0.3) is 0 Å². The van der Waals surface area contributed by atoms with Gasteiger partial charge in [0.1, 0.15) is 0 Å². The summed E-state index contributed by atoms with van der Waals surface area (Å²) in [4.78, 5) is 34.0. The van der Waals surface area contributed by atoms with Crippen molar-refractivity contribution in [2.24, 2.45) is 0 Å². The highest BCUT2D eigenvalue weighted by Gasteiger charge is 2.18. The Morgan fingerprint density at radius 2 is 1.65 bits per heavy atom. The fourth-order valence-corrected chi connectivity index (χ4v) is 1.87. The molecule has 1 N–H and O–H groups in total. The maximum absolute atomic E-state index is 11.9. The van der Waals surface area contributed by atoms with Gasteiger partial charge in [-0.2, -0.15) is 0 Å². The number of hydrogen-bond donors (Lipinski definition) is 1. The van der Waals surface area contributed by atoms with Crippen LogP contribution in [0.3, 0.4) is 0 Å². The number of methoxy groups -OCH3 is 3. The van der Waals surface area contributed by atoms with Gasteiger partial charge in [-0.25, -0.2) is 4.79 Å². The monoisotopic (exact) mass is 324 g/mol. The number of aliphatic carboxylic acids is 1. The molecule has 1 rings (SSSR count). The lowest BCUT2D eigenvalue weighted by molar-refractivity contribution is -0.305. The van der Waals surface area contributed by atoms with Crippen LogP contribution in [0.2, 0.25) is 0 Å². The SMILES string of the molecule is COC(=O)c1cc(OC)c(OC)cc1NC(=O)CCCC(=O)[O-]. The summed E-state index contributed by atoms with van der Waals surface area (Å²) in [6.45, 7) is 0. The largest absolute Gasteiger partial charge is 0.550 e. The molecule has 8 heteroatoms. The number of carbonyl (C=O) groups excluding carboxylic acids is 3. The zero-order chi connectivity index (χ0) is 17.4. The minimum atomic E-state index is -1.22. The number of hydrogen-bond acceptors (Lipinski definition) is 7. The van der Waals surface area contributed by atoms with Gasteiger partial charge in [0.2, 0.25) is 5.91 Å². The molecule has 126 valence electrons. The van der Waals surface area contributed by atoms with Crippen LogP contribution in [-0.4, -0.2) is 39.2 Å². The van der Waals surface area contributed by atoms with Crippen LogP contribution in [-0.2, 0) is 14.3 Å². The number of carboxylic acids is 1. The lowest BCUT2D eigenvalue weighted by Crippen LogP contribution is -2.22.